The average molecular weight is 331 g/mol. The van der Waals surface area contributed by atoms with Crippen LogP contribution in [0.4, 0.5) is 13.2 Å². The minimum absolute atomic E-state index is 0.0170. The Balaban J connectivity index is 3.42. The molecule has 0 saturated carbocycles. The van der Waals surface area contributed by atoms with Gasteiger partial charge in [-0.15, -0.1) is 0 Å². The van der Waals surface area contributed by atoms with Crippen molar-refractivity contribution in [3.05, 3.63) is 26.8 Å². The first-order valence-electron chi connectivity index (χ1n) is 4.03. The number of rotatable bonds is 2. The van der Waals surface area contributed by atoms with Crippen molar-refractivity contribution in [2.45, 2.75) is 12.7 Å². The van der Waals surface area contributed by atoms with E-state index in [0.717, 1.165) is 6.07 Å². The first-order valence-corrected chi connectivity index (χ1v) is 5.11. The molecule has 0 aliphatic rings. The molecule has 0 spiro atoms. The lowest BCUT2D eigenvalue weighted by atomic mass is 10.1. The van der Waals surface area contributed by atoms with Gasteiger partial charge >= 0.3 is 6.18 Å². The van der Waals surface area contributed by atoms with Crippen molar-refractivity contribution in [3.63, 3.8) is 0 Å². The maximum absolute atomic E-state index is 12.6. The zero-order chi connectivity index (χ0) is 11.6. The molecule has 0 aliphatic heterocycles. The van der Waals surface area contributed by atoms with Crippen LogP contribution in [0, 0.1) is 3.57 Å². The topological polar surface area (TPSA) is 35.2 Å². The van der Waals surface area contributed by atoms with Crippen LogP contribution in [0.15, 0.2) is 12.1 Å². The number of halogens is 4. The number of ether oxygens (including phenoxy) is 1. The lowest BCUT2D eigenvalue weighted by Crippen LogP contribution is -2.11. The average Bonchev–Trinajstić information content (AvgIpc) is 2.15. The van der Waals surface area contributed by atoms with Crippen molar-refractivity contribution in [1.29, 1.82) is 0 Å². The van der Waals surface area contributed by atoms with Crippen LogP contribution in [0.25, 0.3) is 0 Å². The summed E-state index contributed by atoms with van der Waals surface area (Å²) in [6, 6.07) is 2.62. The highest BCUT2D eigenvalue weighted by Crippen LogP contribution is 2.39. The maximum Gasteiger partial charge on any atom is 0.420 e. The summed E-state index contributed by atoms with van der Waals surface area (Å²) < 4.78 is 43.1. The van der Waals surface area contributed by atoms with Gasteiger partial charge < -0.3 is 10.5 Å². The monoisotopic (exact) mass is 331 g/mol. The summed E-state index contributed by atoms with van der Waals surface area (Å²) in [5.74, 6) is -0.189. The highest BCUT2D eigenvalue weighted by Gasteiger charge is 2.35. The van der Waals surface area contributed by atoms with Crippen LogP contribution >= 0.6 is 22.6 Å². The van der Waals surface area contributed by atoms with Gasteiger partial charge in [-0.1, -0.05) is 0 Å². The van der Waals surface area contributed by atoms with Crippen molar-refractivity contribution in [2.24, 2.45) is 5.73 Å². The minimum atomic E-state index is -4.42. The van der Waals surface area contributed by atoms with Crippen molar-refractivity contribution < 1.29 is 17.9 Å². The lowest BCUT2D eigenvalue weighted by molar-refractivity contribution is -0.138. The fraction of sp³-hybridized carbons (Fsp3) is 0.333. The summed E-state index contributed by atoms with van der Waals surface area (Å²) >= 11 is 1.82. The summed E-state index contributed by atoms with van der Waals surface area (Å²) in [5, 5.41) is 0. The van der Waals surface area contributed by atoms with Gasteiger partial charge in [0.25, 0.3) is 0 Å². The largest absolute Gasteiger partial charge is 0.496 e. The van der Waals surface area contributed by atoms with E-state index in [-0.39, 0.29) is 12.3 Å². The summed E-state index contributed by atoms with van der Waals surface area (Å²) in [7, 11) is 1.20. The molecule has 0 heterocycles. The van der Waals surface area contributed by atoms with Crippen LogP contribution < -0.4 is 10.5 Å². The van der Waals surface area contributed by atoms with E-state index in [1.807, 2.05) is 22.6 Å². The summed E-state index contributed by atoms with van der Waals surface area (Å²) in [6.07, 6.45) is -4.42. The fourth-order valence-corrected chi connectivity index (χ4v) is 1.94. The van der Waals surface area contributed by atoms with Gasteiger partial charge in [0.15, 0.2) is 0 Å². The Morgan fingerprint density at radius 2 is 2.00 bits per heavy atom. The van der Waals surface area contributed by atoms with Gasteiger partial charge in [-0.3, -0.25) is 0 Å². The predicted molar refractivity (Wildman–Crippen MR) is 58.6 cm³/mol. The Kier molecular flexibility index (Phi) is 3.82. The normalized spacial score (nSPS) is 11.6. The van der Waals surface area contributed by atoms with Crippen molar-refractivity contribution >= 4 is 22.6 Å². The van der Waals surface area contributed by atoms with Crippen LogP contribution in [0.2, 0.25) is 0 Å². The Bertz CT molecular complexity index is 365. The molecule has 0 bridgehead atoms. The van der Waals surface area contributed by atoms with Crippen molar-refractivity contribution in [2.75, 3.05) is 7.11 Å². The molecule has 15 heavy (non-hydrogen) atoms. The van der Waals surface area contributed by atoms with Crippen LogP contribution in [-0.4, -0.2) is 7.11 Å². The Labute approximate surface area is 98.7 Å². The Hall–Kier alpha value is -0.500. The zero-order valence-electron chi connectivity index (χ0n) is 7.86. The first-order chi connectivity index (χ1) is 6.90. The molecule has 0 aliphatic carbocycles. The van der Waals surface area contributed by atoms with Gasteiger partial charge in [-0.2, -0.15) is 13.2 Å². The number of methoxy groups -OCH3 is 1. The summed E-state index contributed by atoms with van der Waals surface area (Å²) in [4.78, 5) is 0. The minimum Gasteiger partial charge on any atom is -0.496 e. The molecule has 84 valence electrons. The van der Waals surface area contributed by atoms with E-state index >= 15 is 0 Å². The lowest BCUT2D eigenvalue weighted by Gasteiger charge is -2.15. The van der Waals surface area contributed by atoms with E-state index in [0.29, 0.717) is 9.13 Å². The van der Waals surface area contributed by atoms with E-state index in [1.54, 1.807) is 6.07 Å². The van der Waals surface area contributed by atoms with Crippen molar-refractivity contribution in [1.82, 2.24) is 0 Å². The summed E-state index contributed by atoms with van der Waals surface area (Å²) in [6.45, 7) is 0.0170. The highest BCUT2D eigenvalue weighted by molar-refractivity contribution is 14.1. The predicted octanol–water partition coefficient (Wildman–Crippen LogP) is 2.78. The van der Waals surface area contributed by atoms with E-state index in [1.165, 1.54) is 7.11 Å². The number of hydrogen-bond acceptors (Lipinski definition) is 2. The van der Waals surface area contributed by atoms with Crippen LogP contribution in [0.5, 0.6) is 5.75 Å². The zero-order valence-corrected chi connectivity index (χ0v) is 10.0. The molecule has 1 aromatic rings. The number of nitrogens with two attached hydrogens (primary N) is 1. The molecule has 0 unspecified atom stereocenters. The second kappa shape index (κ2) is 4.56. The van der Waals surface area contributed by atoms with Gasteiger partial charge in [-0.25, -0.2) is 0 Å². The SMILES string of the molecule is COc1c(CN)cc(I)cc1C(F)(F)F. The second-order valence-corrected chi connectivity index (χ2v) is 4.09. The van der Waals surface area contributed by atoms with E-state index in [4.69, 9.17) is 10.5 Å². The van der Waals surface area contributed by atoms with Gasteiger partial charge in [-0.05, 0) is 34.7 Å². The molecular weight excluding hydrogens is 322 g/mol. The molecule has 0 fully saturated rings. The molecule has 0 radical (unpaired) electrons. The second-order valence-electron chi connectivity index (χ2n) is 2.85. The highest BCUT2D eigenvalue weighted by atomic mass is 127. The maximum atomic E-state index is 12.6. The van der Waals surface area contributed by atoms with E-state index in [2.05, 4.69) is 0 Å². The molecule has 2 N–H and O–H groups in total. The third-order valence-electron chi connectivity index (χ3n) is 1.86. The molecule has 0 amide bonds. The Morgan fingerprint density at radius 3 is 2.40 bits per heavy atom. The fourth-order valence-electron chi connectivity index (χ4n) is 1.25. The molecule has 1 rings (SSSR count). The third kappa shape index (κ3) is 2.75. The number of hydrogen-bond donors (Lipinski definition) is 1. The molecule has 0 saturated heterocycles. The summed E-state index contributed by atoms with van der Waals surface area (Å²) in [5.41, 5.74) is 4.93. The molecule has 0 atom stereocenters. The van der Waals surface area contributed by atoms with E-state index in [9.17, 15) is 13.2 Å². The molecular formula is C9H9F3INO. The van der Waals surface area contributed by atoms with Crippen LogP contribution in [-0.2, 0) is 12.7 Å². The van der Waals surface area contributed by atoms with Crippen LogP contribution in [0.1, 0.15) is 11.1 Å². The van der Waals surface area contributed by atoms with E-state index < -0.39 is 11.7 Å². The van der Waals surface area contributed by atoms with Gasteiger partial charge in [0, 0.05) is 15.7 Å². The number of alkyl halides is 3. The first kappa shape index (κ1) is 12.6. The molecule has 0 aromatic heterocycles. The molecule has 1 aromatic carbocycles. The van der Waals surface area contributed by atoms with Crippen molar-refractivity contribution in [3.8, 4) is 5.75 Å². The molecule has 6 heteroatoms. The standard InChI is InChI=1S/C9H9F3INO/c1-15-8-5(4-14)2-6(13)3-7(8)9(10,11)12/h2-3H,4,14H2,1H3. The number of benzene rings is 1. The van der Waals surface area contributed by atoms with Gasteiger partial charge in [0.05, 0.1) is 12.7 Å². The Morgan fingerprint density at radius 1 is 1.40 bits per heavy atom. The third-order valence-corrected chi connectivity index (χ3v) is 2.48. The quantitative estimate of drug-likeness (QED) is 0.846. The van der Waals surface area contributed by atoms with Gasteiger partial charge in [0.1, 0.15) is 5.75 Å². The smallest absolute Gasteiger partial charge is 0.420 e. The van der Waals surface area contributed by atoms with Gasteiger partial charge in [0.2, 0.25) is 0 Å². The van der Waals surface area contributed by atoms with Crippen LogP contribution in [0.3, 0.4) is 0 Å². The molecule has 2 nitrogen and oxygen atoms in total.